The third-order valence-corrected chi connectivity index (χ3v) is 8.64. The molecule has 0 saturated heterocycles. The second-order valence-electron chi connectivity index (χ2n) is 9.71. The molecule has 0 fully saturated rings. The van der Waals surface area contributed by atoms with Crippen molar-refractivity contribution in [1.29, 1.82) is 0 Å². The van der Waals surface area contributed by atoms with Crippen molar-refractivity contribution in [1.82, 2.24) is 4.72 Å². The molecule has 3 aromatic carbocycles. The van der Waals surface area contributed by atoms with E-state index in [1.54, 1.807) is 45.0 Å². The number of rotatable bonds is 11. The van der Waals surface area contributed by atoms with Crippen molar-refractivity contribution in [2.24, 2.45) is 0 Å². The maximum absolute atomic E-state index is 13.0. The Morgan fingerprint density at radius 3 is 2.29 bits per heavy atom. The average Bonchev–Trinajstić information content (AvgIpc) is 2.82. The largest absolute Gasteiger partial charge is 0.493 e. The first-order valence-corrected chi connectivity index (χ1v) is 15.4. The fourth-order valence-corrected chi connectivity index (χ4v) is 6.53. The predicted molar refractivity (Wildman–Crippen MR) is 153 cm³/mol. The second kappa shape index (κ2) is 12.2. The van der Waals surface area contributed by atoms with Gasteiger partial charge >= 0.3 is 0 Å². The van der Waals surface area contributed by atoms with Crippen molar-refractivity contribution in [2.75, 3.05) is 17.1 Å². The number of para-hydroxylation sites is 1. The van der Waals surface area contributed by atoms with Gasteiger partial charge in [-0.2, -0.15) is 0 Å². The molecule has 0 unspecified atom stereocenters. The Balaban J connectivity index is 1.70. The molecule has 10 heteroatoms. The van der Waals surface area contributed by atoms with E-state index in [0.29, 0.717) is 29.4 Å². The van der Waals surface area contributed by atoms with Gasteiger partial charge in [0.15, 0.2) is 0 Å². The van der Waals surface area contributed by atoms with E-state index in [1.807, 2.05) is 24.3 Å². The molecular formula is C28H31ClN2O5S2. The number of anilines is 1. The quantitative estimate of drug-likeness (QED) is 0.314. The first-order chi connectivity index (χ1) is 17.8. The molecule has 0 saturated carbocycles. The molecule has 0 radical (unpaired) electrons. The molecule has 0 heterocycles. The van der Waals surface area contributed by atoms with E-state index in [-0.39, 0.29) is 22.8 Å². The predicted octanol–water partition coefficient (Wildman–Crippen LogP) is 5.00. The number of sulfonamides is 2. The fraction of sp³-hybridized carbons (Fsp3) is 0.286. The van der Waals surface area contributed by atoms with Crippen LogP contribution in [-0.4, -0.2) is 34.7 Å². The molecule has 3 aromatic rings. The molecule has 0 aliphatic carbocycles. The van der Waals surface area contributed by atoms with Gasteiger partial charge in [-0.15, -0.1) is 6.42 Å². The maximum atomic E-state index is 13.0. The number of hydrogen-bond acceptors (Lipinski definition) is 5. The first kappa shape index (κ1) is 29.5. The van der Waals surface area contributed by atoms with E-state index in [1.165, 1.54) is 18.2 Å². The normalized spacial score (nSPS) is 12.1. The molecule has 0 aliphatic heterocycles. The van der Waals surface area contributed by atoms with E-state index in [4.69, 9.17) is 22.8 Å². The maximum Gasteiger partial charge on any atom is 0.243 e. The average molecular weight is 575 g/mol. The fourth-order valence-electron chi connectivity index (χ4n) is 3.62. The number of benzene rings is 3. The smallest absolute Gasteiger partial charge is 0.243 e. The minimum atomic E-state index is -3.96. The van der Waals surface area contributed by atoms with Gasteiger partial charge in [0.1, 0.15) is 10.6 Å². The minimum absolute atomic E-state index is 0.0207. The van der Waals surface area contributed by atoms with Crippen LogP contribution in [0.3, 0.4) is 0 Å². The summed E-state index contributed by atoms with van der Waals surface area (Å²) in [5.41, 5.74) is 1.76. The summed E-state index contributed by atoms with van der Waals surface area (Å²) in [7, 11) is -7.86. The van der Waals surface area contributed by atoms with Crippen LogP contribution in [0, 0.1) is 12.3 Å². The summed E-state index contributed by atoms with van der Waals surface area (Å²) in [6, 6.07) is 18.5. The lowest BCUT2D eigenvalue weighted by Crippen LogP contribution is -2.40. The van der Waals surface area contributed by atoms with Gasteiger partial charge in [0.05, 0.1) is 18.0 Å². The van der Waals surface area contributed by atoms with Gasteiger partial charge in [-0.3, -0.25) is 4.72 Å². The SMILES string of the molecule is C#Cc1ccc(CCOc2cc(Cl)ccc2CCS(=O)(=O)Nc2ccccc2S(=O)(=O)NC(C)(C)C)cc1. The lowest BCUT2D eigenvalue weighted by Gasteiger charge is -2.21. The third-order valence-electron chi connectivity index (χ3n) is 5.32. The lowest BCUT2D eigenvalue weighted by atomic mass is 10.1. The van der Waals surface area contributed by atoms with Crippen molar-refractivity contribution >= 4 is 37.3 Å². The van der Waals surface area contributed by atoms with E-state index in [2.05, 4.69) is 15.4 Å². The van der Waals surface area contributed by atoms with Crippen molar-refractivity contribution in [3.05, 3.63) is 88.4 Å². The van der Waals surface area contributed by atoms with Crippen LogP contribution in [0.4, 0.5) is 5.69 Å². The van der Waals surface area contributed by atoms with Crippen LogP contribution in [0.2, 0.25) is 5.02 Å². The molecule has 0 aliphatic rings. The number of aryl methyl sites for hydroxylation is 1. The highest BCUT2D eigenvalue weighted by Gasteiger charge is 2.26. The van der Waals surface area contributed by atoms with Gasteiger partial charge < -0.3 is 4.74 Å². The monoisotopic (exact) mass is 574 g/mol. The number of nitrogens with one attached hydrogen (secondary N) is 2. The van der Waals surface area contributed by atoms with Crippen molar-refractivity contribution in [3.63, 3.8) is 0 Å². The lowest BCUT2D eigenvalue weighted by molar-refractivity contribution is 0.319. The Bertz CT molecular complexity index is 1520. The zero-order valence-corrected chi connectivity index (χ0v) is 23.9. The topological polar surface area (TPSA) is 102 Å². The summed E-state index contributed by atoms with van der Waals surface area (Å²) in [4.78, 5) is -0.149. The molecular weight excluding hydrogens is 544 g/mol. The Morgan fingerprint density at radius 1 is 0.947 bits per heavy atom. The minimum Gasteiger partial charge on any atom is -0.493 e. The molecule has 0 bridgehead atoms. The zero-order chi connectivity index (χ0) is 28.0. The summed E-state index contributed by atoms with van der Waals surface area (Å²) >= 11 is 6.16. The summed E-state index contributed by atoms with van der Waals surface area (Å²) < 4.78 is 62.6. The van der Waals surface area contributed by atoms with Crippen LogP contribution >= 0.6 is 11.6 Å². The third kappa shape index (κ3) is 8.77. The molecule has 2 N–H and O–H groups in total. The van der Waals surface area contributed by atoms with Crippen LogP contribution in [0.15, 0.2) is 71.6 Å². The van der Waals surface area contributed by atoms with Gasteiger partial charge in [0.2, 0.25) is 20.0 Å². The highest BCUT2D eigenvalue weighted by molar-refractivity contribution is 7.93. The van der Waals surface area contributed by atoms with Gasteiger partial charge in [0.25, 0.3) is 0 Å². The van der Waals surface area contributed by atoms with Crippen LogP contribution in [0.1, 0.15) is 37.5 Å². The molecule has 7 nitrogen and oxygen atoms in total. The molecule has 0 amide bonds. The van der Waals surface area contributed by atoms with Gasteiger partial charge in [-0.25, -0.2) is 21.6 Å². The number of terminal acetylenes is 1. The van der Waals surface area contributed by atoms with E-state index in [9.17, 15) is 16.8 Å². The number of ether oxygens (including phenoxy) is 1. The Hall–Kier alpha value is -3.03. The van der Waals surface area contributed by atoms with Crippen LogP contribution in [0.5, 0.6) is 5.75 Å². The second-order valence-corrected chi connectivity index (χ2v) is 13.6. The van der Waals surface area contributed by atoms with Crippen LogP contribution in [-0.2, 0) is 32.9 Å². The number of halogens is 1. The summed E-state index contributed by atoms with van der Waals surface area (Å²) in [5, 5.41) is 0.466. The number of hydrogen-bond donors (Lipinski definition) is 2. The standard InChI is InChI=1S/C28H31ClN2O5S2/c1-5-21-10-12-22(13-11-21)16-18-36-26-20-24(29)15-14-23(26)17-19-37(32,33)30-25-8-6-7-9-27(25)38(34,35)31-28(2,3)4/h1,6-15,20,30-31H,16-19H2,2-4H3. The summed E-state index contributed by atoms with van der Waals surface area (Å²) in [6.45, 7) is 5.48. The molecule has 0 spiro atoms. The summed E-state index contributed by atoms with van der Waals surface area (Å²) in [6.07, 6.45) is 6.16. The van der Waals surface area contributed by atoms with Crippen LogP contribution < -0.4 is 14.2 Å². The molecule has 38 heavy (non-hydrogen) atoms. The first-order valence-electron chi connectivity index (χ1n) is 11.9. The van der Waals surface area contributed by atoms with E-state index >= 15 is 0 Å². The van der Waals surface area contributed by atoms with Crippen molar-refractivity contribution < 1.29 is 21.6 Å². The van der Waals surface area contributed by atoms with E-state index in [0.717, 1.165) is 11.1 Å². The van der Waals surface area contributed by atoms with Gasteiger partial charge in [-0.05, 0) is 74.7 Å². The molecule has 0 atom stereocenters. The van der Waals surface area contributed by atoms with Gasteiger partial charge in [0, 0.05) is 22.5 Å². The van der Waals surface area contributed by atoms with Crippen molar-refractivity contribution in [2.45, 2.75) is 44.0 Å². The molecule has 3 rings (SSSR count). The Kier molecular flexibility index (Phi) is 9.49. The van der Waals surface area contributed by atoms with Crippen LogP contribution in [0.25, 0.3) is 0 Å². The molecule has 0 aromatic heterocycles. The molecule has 202 valence electrons. The highest BCUT2D eigenvalue weighted by atomic mass is 35.5. The van der Waals surface area contributed by atoms with Crippen molar-refractivity contribution in [3.8, 4) is 18.1 Å². The highest BCUT2D eigenvalue weighted by Crippen LogP contribution is 2.26. The Labute approximate surface area is 230 Å². The zero-order valence-electron chi connectivity index (χ0n) is 21.5. The summed E-state index contributed by atoms with van der Waals surface area (Å²) in [5.74, 6) is 2.78. The van der Waals surface area contributed by atoms with Gasteiger partial charge in [-0.1, -0.05) is 47.9 Å². The van der Waals surface area contributed by atoms with E-state index < -0.39 is 25.6 Å². The Morgan fingerprint density at radius 2 is 1.63 bits per heavy atom.